The van der Waals surface area contributed by atoms with Crippen molar-refractivity contribution >= 4 is 50.6 Å². The molecule has 1 unspecified atom stereocenters. The van der Waals surface area contributed by atoms with Crippen molar-refractivity contribution in [2.24, 2.45) is 0 Å². The second-order valence-electron chi connectivity index (χ2n) is 6.05. The molecule has 30 heavy (non-hydrogen) atoms. The van der Waals surface area contributed by atoms with Crippen molar-refractivity contribution in [3.8, 4) is 0 Å². The summed E-state index contributed by atoms with van der Waals surface area (Å²) in [6.45, 7) is 1.62. The fourth-order valence-electron chi connectivity index (χ4n) is 2.70. The lowest BCUT2D eigenvalue weighted by molar-refractivity contribution is 0.206. The Labute approximate surface area is 179 Å². The van der Waals surface area contributed by atoms with E-state index < -0.39 is 44.5 Å². The number of hydrogen-bond donors (Lipinski definition) is 2. The molecule has 0 saturated heterocycles. The lowest BCUT2D eigenvalue weighted by Gasteiger charge is -2.20. The molecule has 0 fully saturated rings. The molecule has 7 nitrogen and oxygen atoms in total. The largest absolute Gasteiger partial charge is 0.464 e. The van der Waals surface area contributed by atoms with Gasteiger partial charge >= 0.3 is 6.09 Å². The van der Waals surface area contributed by atoms with Crippen LogP contribution in [0.4, 0.5) is 25.1 Å². The highest BCUT2D eigenvalue weighted by atomic mass is 35.5. The molecule has 0 saturated carbocycles. The maximum Gasteiger partial charge on any atom is 0.427 e. The smallest absolute Gasteiger partial charge is 0.427 e. The number of benzene rings is 2. The van der Waals surface area contributed by atoms with E-state index in [1.807, 2.05) is 0 Å². The first-order valence-electron chi connectivity index (χ1n) is 8.29. The monoisotopic (exact) mass is 473 g/mol. The first kappa shape index (κ1) is 21.9. The Balaban J connectivity index is 1.98. The minimum absolute atomic E-state index is 0.0133. The van der Waals surface area contributed by atoms with Crippen molar-refractivity contribution in [2.45, 2.75) is 17.9 Å². The number of anilines is 2. The van der Waals surface area contributed by atoms with Gasteiger partial charge in [0.25, 0.3) is 10.0 Å². The molecular formula is C18H14ClF2N3O4S2. The molecule has 2 N–H and O–H groups in total. The third-order valence-electron chi connectivity index (χ3n) is 4.08. The van der Waals surface area contributed by atoms with Crippen LogP contribution in [0.2, 0.25) is 5.02 Å². The van der Waals surface area contributed by atoms with Crippen LogP contribution in [0.15, 0.2) is 52.2 Å². The quantitative estimate of drug-likeness (QED) is 0.515. The Kier molecular flexibility index (Phi) is 6.25. The molecule has 1 amide bonds. The first-order chi connectivity index (χ1) is 14.1. The molecule has 0 aliphatic carbocycles. The topological polar surface area (TPSA) is 99.6 Å². The zero-order valence-corrected chi connectivity index (χ0v) is 17.6. The van der Waals surface area contributed by atoms with Crippen molar-refractivity contribution in [3.63, 3.8) is 0 Å². The zero-order valence-electron chi connectivity index (χ0n) is 15.2. The lowest BCUT2D eigenvalue weighted by atomic mass is 10.1. The number of aromatic nitrogens is 1. The van der Waals surface area contributed by atoms with E-state index in [2.05, 4.69) is 10.3 Å². The Bertz CT molecular complexity index is 1190. The van der Waals surface area contributed by atoms with Gasteiger partial charge in [-0.15, -0.1) is 15.6 Å². The number of carbonyl (C=O) groups is 1. The predicted octanol–water partition coefficient (Wildman–Crippen LogP) is 5.12. The van der Waals surface area contributed by atoms with Gasteiger partial charge in [0.2, 0.25) is 0 Å². The minimum atomic E-state index is -4.85. The zero-order chi connectivity index (χ0) is 22.1. The Morgan fingerprint density at radius 1 is 1.27 bits per heavy atom. The molecule has 1 aromatic heterocycles. The van der Waals surface area contributed by atoms with Crippen molar-refractivity contribution in [1.29, 1.82) is 0 Å². The molecule has 12 heteroatoms. The van der Waals surface area contributed by atoms with Gasteiger partial charge in [-0.05, 0) is 25.1 Å². The standard InChI is InChI=1S/C18H14ClF2N3O4S2/c1-10(11-4-2-3-5-13(11)20)23-15-7-14(21)16(6-12(15)19)30(27,28)24(18(25)26)17-8-29-9-22-17/h2-10,23H,1H3,(H,25,26). The third kappa shape index (κ3) is 4.23. The number of rotatable bonds is 6. The predicted molar refractivity (Wildman–Crippen MR) is 110 cm³/mol. The van der Waals surface area contributed by atoms with E-state index in [1.54, 1.807) is 13.0 Å². The average molecular weight is 474 g/mol. The number of hydrogen-bond acceptors (Lipinski definition) is 6. The number of nitrogens with one attached hydrogen (secondary N) is 1. The summed E-state index contributed by atoms with van der Waals surface area (Å²) in [6.07, 6.45) is -1.85. The van der Waals surface area contributed by atoms with Gasteiger partial charge in [0.05, 0.1) is 22.3 Å². The van der Waals surface area contributed by atoms with Crippen LogP contribution in [0.1, 0.15) is 18.5 Å². The third-order valence-corrected chi connectivity index (χ3v) is 6.66. The Hall–Kier alpha value is -2.76. The van der Waals surface area contributed by atoms with Gasteiger partial charge < -0.3 is 10.4 Å². The summed E-state index contributed by atoms with van der Waals surface area (Å²) < 4.78 is 54.2. The second-order valence-corrected chi connectivity index (χ2v) is 8.93. The average Bonchev–Trinajstić information content (AvgIpc) is 3.17. The maximum atomic E-state index is 14.7. The number of sulfonamides is 1. The van der Waals surface area contributed by atoms with Crippen LogP contribution >= 0.6 is 22.9 Å². The van der Waals surface area contributed by atoms with Gasteiger partial charge in [-0.3, -0.25) is 0 Å². The van der Waals surface area contributed by atoms with E-state index in [4.69, 9.17) is 11.6 Å². The van der Waals surface area contributed by atoms with E-state index in [9.17, 15) is 27.1 Å². The number of nitrogens with zero attached hydrogens (tertiary/aromatic N) is 2. The van der Waals surface area contributed by atoms with Crippen LogP contribution in [-0.4, -0.2) is 24.6 Å². The fourth-order valence-corrected chi connectivity index (χ4v) is 4.89. The van der Waals surface area contributed by atoms with Crippen LogP contribution in [0.25, 0.3) is 0 Å². The van der Waals surface area contributed by atoms with Crippen LogP contribution in [0, 0.1) is 11.6 Å². The van der Waals surface area contributed by atoms with E-state index in [0.29, 0.717) is 5.56 Å². The van der Waals surface area contributed by atoms with Crippen LogP contribution in [-0.2, 0) is 10.0 Å². The van der Waals surface area contributed by atoms with Crippen molar-refractivity contribution in [1.82, 2.24) is 4.98 Å². The highest BCUT2D eigenvalue weighted by Gasteiger charge is 2.35. The van der Waals surface area contributed by atoms with Gasteiger partial charge in [0, 0.05) is 10.9 Å². The van der Waals surface area contributed by atoms with Crippen molar-refractivity contribution in [3.05, 3.63) is 69.5 Å². The molecule has 3 aromatic rings. The normalized spacial score (nSPS) is 12.4. The van der Waals surface area contributed by atoms with Crippen LogP contribution in [0.5, 0.6) is 0 Å². The highest BCUT2D eigenvalue weighted by molar-refractivity contribution is 7.93. The van der Waals surface area contributed by atoms with E-state index >= 15 is 0 Å². The molecule has 0 radical (unpaired) electrons. The van der Waals surface area contributed by atoms with Gasteiger partial charge in [-0.1, -0.05) is 29.8 Å². The summed E-state index contributed by atoms with van der Waals surface area (Å²) in [7, 11) is -4.85. The molecule has 0 aliphatic heterocycles. The molecular weight excluding hydrogens is 460 g/mol. The molecule has 1 heterocycles. The SMILES string of the molecule is CC(Nc1cc(F)c(S(=O)(=O)N(C(=O)O)c2cscn2)cc1Cl)c1ccccc1F. The molecule has 2 aromatic carbocycles. The summed E-state index contributed by atoms with van der Waals surface area (Å²) in [5.41, 5.74) is 1.55. The summed E-state index contributed by atoms with van der Waals surface area (Å²) in [5, 5.41) is 13.2. The van der Waals surface area contributed by atoms with E-state index in [-0.39, 0.29) is 15.0 Å². The van der Waals surface area contributed by atoms with Crippen molar-refractivity contribution in [2.75, 3.05) is 9.62 Å². The van der Waals surface area contributed by atoms with Crippen molar-refractivity contribution < 1.29 is 27.1 Å². The first-order valence-corrected chi connectivity index (χ1v) is 11.1. The fraction of sp³-hybridized carbons (Fsp3) is 0.111. The number of amides is 1. The van der Waals surface area contributed by atoms with Gasteiger partial charge in [0.1, 0.15) is 16.5 Å². The van der Waals surface area contributed by atoms with Gasteiger partial charge in [0.15, 0.2) is 5.82 Å². The summed E-state index contributed by atoms with van der Waals surface area (Å²) >= 11 is 7.09. The lowest BCUT2D eigenvalue weighted by Crippen LogP contribution is -2.36. The molecule has 158 valence electrons. The number of halogens is 3. The number of carboxylic acid groups (broad SMARTS) is 1. The van der Waals surface area contributed by atoms with E-state index in [0.717, 1.165) is 23.5 Å². The minimum Gasteiger partial charge on any atom is -0.464 e. The van der Waals surface area contributed by atoms with Gasteiger partial charge in [-0.25, -0.2) is 27.0 Å². The molecule has 0 aliphatic rings. The summed E-state index contributed by atoms with van der Waals surface area (Å²) in [5.74, 6) is -2.10. The maximum absolute atomic E-state index is 14.7. The summed E-state index contributed by atoms with van der Waals surface area (Å²) in [4.78, 5) is 14.2. The van der Waals surface area contributed by atoms with Crippen LogP contribution < -0.4 is 9.62 Å². The highest BCUT2D eigenvalue weighted by Crippen LogP contribution is 2.33. The second kappa shape index (κ2) is 8.54. The Morgan fingerprint density at radius 3 is 2.57 bits per heavy atom. The number of thiazole rings is 1. The Morgan fingerprint density at radius 2 is 1.97 bits per heavy atom. The van der Waals surface area contributed by atoms with E-state index in [1.165, 1.54) is 29.1 Å². The molecule has 0 spiro atoms. The molecule has 1 atom stereocenters. The van der Waals surface area contributed by atoms with Crippen LogP contribution in [0.3, 0.4) is 0 Å². The van der Waals surface area contributed by atoms with Gasteiger partial charge in [-0.2, -0.15) is 0 Å². The molecule has 0 bridgehead atoms. The summed E-state index contributed by atoms with van der Waals surface area (Å²) in [6, 6.07) is 6.95. The molecule has 3 rings (SSSR count).